The fourth-order valence-corrected chi connectivity index (χ4v) is 1.59. The van der Waals surface area contributed by atoms with E-state index in [4.69, 9.17) is 4.74 Å². The standard InChI is InChI=1S/C15H18F8O4/c1-3-9(4-2)7-26-10(24)5-6-11(25)27-8-13(18,19)15(22,23)14(20,21)12(16)17/h5-6,9,12H,3-4,7-8H2,1-2H3/b6-5+. The summed E-state index contributed by atoms with van der Waals surface area (Å²) in [5.41, 5.74) is 0. The topological polar surface area (TPSA) is 52.6 Å². The summed E-state index contributed by atoms with van der Waals surface area (Å²) >= 11 is 0. The SMILES string of the molecule is CCC(CC)COC(=O)/C=C/C(=O)OCC(F)(F)C(F)(F)C(F)(F)C(F)F. The Hall–Kier alpha value is -1.88. The molecule has 0 bridgehead atoms. The Morgan fingerprint density at radius 2 is 1.33 bits per heavy atom. The Bertz CT molecular complexity index is 530. The molecule has 12 heteroatoms. The van der Waals surface area contributed by atoms with Crippen LogP contribution in [-0.4, -0.2) is 49.3 Å². The zero-order valence-corrected chi connectivity index (χ0v) is 14.3. The van der Waals surface area contributed by atoms with Crippen molar-refractivity contribution in [2.45, 2.75) is 50.9 Å². The van der Waals surface area contributed by atoms with Crippen molar-refractivity contribution in [1.29, 1.82) is 0 Å². The van der Waals surface area contributed by atoms with Crippen LogP contribution in [0.5, 0.6) is 0 Å². The van der Waals surface area contributed by atoms with E-state index in [0.717, 1.165) is 0 Å². The van der Waals surface area contributed by atoms with Crippen molar-refractivity contribution in [3.8, 4) is 0 Å². The highest BCUT2D eigenvalue weighted by Gasteiger charge is 2.75. The molecule has 0 aromatic carbocycles. The molecule has 0 aliphatic heterocycles. The van der Waals surface area contributed by atoms with Crippen molar-refractivity contribution >= 4 is 11.9 Å². The van der Waals surface area contributed by atoms with Crippen LogP contribution in [0, 0.1) is 5.92 Å². The van der Waals surface area contributed by atoms with Crippen molar-refractivity contribution in [2.75, 3.05) is 13.2 Å². The molecule has 0 fully saturated rings. The minimum absolute atomic E-state index is 0.0121. The van der Waals surface area contributed by atoms with E-state index in [1.54, 1.807) is 0 Å². The summed E-state index contributed by atoms with van der Waals surface area (Å²) in [5.74, 6) is -21.4. The summed E-state index contributed by atoms with van der Waals surface area (Å²) in [7, 11) is 0. The predicted molar refractivity (Wildman–Crippen MR) is 76.0 cm³/mol. The average Bonchev–Trinajstić information content (AvgIpc) is 2.58. The molecular formula is C15H18F8O4. The normalized spacial score (nSPS) is 13.5. The third-order valence-corrected chi connectivity index (χ3v) is 3.52. The van der Waals surface area contributed by atoms with Gasteiger partial charge in [0.05, 0.1) is 6.61 Å². The van der Waals surface area contributed by atoms with Crippen LogP contribution in [0.4, 0.5) is 35.1 Å². The van der Waals surface area contributed by atoms with Gasteiger partial charge in [-0.2, -0.15) is 26.3 Å². The average molecular weight is 414 g/mol. The summed E-state index contributed by atoms with van der Waals surface area (Å²) < 4.78 is 110. The van der Waals surface area contributed by atoms with Gasteiger partial charge in [-0.15, -0.1) is 0 Å². The third kappa shape index (κ3) is 6.65. The fraction of sp³-hybridized carbons (Fsp3) is 0.733. The van der Waals surface area contributed by atoms with Gasteiger partial charge in [-0.05, 0) is 5.92 Å². The van der Waals surface area contributed by atoms with Crippen LogP contribution in [0.2, 0.25) is 0 Å². The van der Waals surface area contributed by atoms with Crippen molar-refractivity contribution in [1.82, 2.24) is 0 Å². The van der Waals surface area contributed by atoms with Gasteiger partial charge < -0.3 is 9.47 Å². The summed E-state index contributed by atoms with van der Waals surface area (Å²) in [4.78, 5) is 22.4. The Balaban J connectivity index is 4.74. The Labute approximate surface area is 149 Å². The van der Waals surface area contributed by atoms with Gasteiger partial charge in [0, 0.05) is 12.2 Å². The lowest BCUT2D eigenvalue weighted by Gasteiger charge is -2.31. The van der Waals surface area contributed by atoms with Crippen LogP contribution < -0.4 is 0 Å². The molecule has 0 spiro atoms. The van der Waals surface area contributed by atoms with Crippen LogP contribution in [-0.2, 0) is 19.1 Å². The molecule has 0 aromatic heterocycles. The second-order valence-electron chi connectivity index (χ2n) is 5.46. The van der Waals surface area contributed by atoms with Gasteiger partial charge >= 0.3 is 36.1 Å². The predicted octanol–water partition coefficient (Wildman–Crippen LogP) is 4.24. The number of halogens is 8. The minimum Gasteiger partial charge on any atom is -0.462 e. The number of esters is 2. The second kappa shape index (κ2) is 9.88. The Morgan fingerprint density at radius 3 is 1.74 bits per heavy atom. The number of hydrogen-bond donors (Lipinski definition) is 0. The van der Waals surface area contributed by atoms with Gasteiger partial charge in [-0.25, -0.2) is 18.4 Å². The van der Waals surface area contributed by atoms with Crippen molar-refractivity contribution in [3.05, 3.63) is 12.2 Å². The van der Waals surface area contributed by atoms with Crippen LogP contribution in [0.15, 0.2) is 12.2 Å². The monoisotopic (exact) mass is 414 g/mol. The Morgan fingerprint density at radius 1 is 0.889 bits per heavy atom. The van der Waals surface area contributed by atoms with E-state index in [2.05, 4.69) is 4.74 Å². The van der Waals surface area contributed by atoms with Crippen LogP contribution >= 0.6 is 0 Å². The molecule has 0 aliphatic rings. The Kier molecular flexibility index (Phi) is 9.19. The molecule has 0 amide bonds. The molecule has 0 aromatic rings. The number of ether oxygens (including phenoxy) is 2. The smallest absolute Gasteiger partial charge is 0.381 e. The van der Waals surface area contributed by atoms with Gasteiger partial charge in [0.25, 0.3) is 0 Å². The molecular weight excluding hydrogens is 396 g/mol. The van der Waals surface area contributed by atoms with Crippen molar-refractivity contribution < 1.29 is 54.2 Å². The molecule has 0 atom stereocenters. The van der Waals surface area contributed by atoms with E-state index >= 15 is 0 Å². The molecule has 0 unspecified atom stereocenters. The van der Waals surface area contributed by atoms with Gasteiger partial charge in [0.2, 0.25) is 0 Å². The first-order valence-corrected chi connectivity index (χ1v) is 7.66. The largest absolute Gasteiger partial charge is 0.462 e. The minimum atomic E-state index is -6.48. The zero-order valence-electron chi connectivity index (χ0n) is 14.3. The molecule has 0 rings (SSSR count). The molecule has 0 saturated carbocycles. The third-order valence-electron chi connectivity index (χ3n) is 3.52. The highest BCUT2D eigenvalue weighted by molar-refractivity contribution is 5.91. The lowest BCUT2D eigenvalue weighted by Crippen LogP contribution is -2.59. The highest BCUT2D eigenvalue weighted by atomic mass is 19.4. The quantitative estimate of drug-likeness (QED) is 0.288. The fourth-order valence-electron chi connectivity index (χ4n) is 1.59. The second-order valence-corrected chi connectivity index (χ2v) is 5.46. The maximum Gasteiger partial charge on any atom is 0.381 e. The number of carbonyl (C=O) groups excluding carboxylic acids is 2. The molecule has 158 valence electrons. The van der Waals surface area contributed by atoms with E-state index in [-0.39, 0.29) is 18.6 Å². The zero-order chi connectivity index (χ0) is 21.5. The first kappa shape index (κ1) is 25.1. The van der Waals surface area contributed by atoms with Crippen LogP contribution in [0.3, 0.4) is 0 Å². The van der Waals surface area contributed by atoms with E-state index in [1.807, 2.05) is 13.8 Å². The number of hydrogen-bond acceptors (Lipinski definition) is 4. The van der Waals surface area contributed by atoms with Gasteiger partial charge in [0.15, 0.2) is 6.61 Å². The lowest BCUT2D eigenvalue weighted by atomic mass is 10.1. The molecule has 0 heterocycles. The molecule has 4 nitrogen and oxygen atoms in total. The van der Waals surface area contributed by atoms with Crippen molar-refractivity contribution in [3.63, 3.8) is 0 Å². The van der Waals surface area contributed by atoms with Crippen LogP contribution in [0.25, 0.3) is 0 Å². The van der Waals surface area contributed by atoms with Gasteiger partial charge in [-0.1, -0.05) is 26.7 Å². The number of alkyl halides is 8. The van der Waals surface area contributed by atoms with E-state index in [9.17, 15) is 44.7 Å². The van der Waals surface area contributed by atoms with Gasteiger partial charge in [-0.3, -0.25) is 0 Å². The summed E-state index contributed by atoms with van der Waals surface area (Å²) in [6, 6.07) is 0. The lowest BCUT2D eigenvalue weighted by molar-refractivity contribution is -0.344. The first-order valence-electron chi connectivity index (χ1n) is 7.66. The molecule has 0 aliphatic carbocycles. The molecule has 27 heavy (non-hydrogen) atoms. The summed E-state index contributed by atoms with van der Waals surface area (Å²) in [6.07, 6.45) is -2.98. The van der Waals surface area contributed by atoms with Gasteiger partial charge in [0.1, 0.15) is 0 Å². The van der Waals surface area contributed by atoms with E-state index < -0.39 is 42.7 Å². The summed E-state index contributed by atoms with van der Waals surface area (Å²) in [6.45, 7) is 1.08. The van der Waals surface area contributed by atoms with Crippen LogP contribution in [0.1, 0.15) is 26.7 Å². The molecule has 0 N–H and O–H groups in total. The molecule has 0 radical (unpaired) electrons. The number of carbonyl (C=O) groups is 2. The van der Waals surface area contributed by atoms with Crippen molar-refractivity contribution in [2.24, 2.45) is 5.92 Å². The first-order chi connectivity index (χ1) is 12.2. The number of rotatable bonds is 11. The highest BCUT2D eigenvalue weighted by Crippen LogP contribution is 2.48. The molecule has 0 saturated heterocycles. The maximum atomic E-state index is 13.1. The van der Waals surface area contributed by atoms with E-state index in [1.165, 1.54) is 0 Å². The maximum absolute atomic E-state index is 13.1. The summed E-state index contributed by atoms with van der Waals surface area (Å²) in [5, 5.41) is 0. The van der Waals surface area contributed by atoms with E-state index in [0.29, 0.717) is 18.9 Å².